The number of thiazole rings is 1. The fourth-order valence-electron chi connectivity index (χ4n) is 2.48. The molecule has 0 bridgehead atoms. The smallest absolute Gasteiger partial charge is 0.275 e. The van der Waals surface area contributed by atoms with Gasteiger partial charge in [-0.3, -0.25) is 9.59 Å². The van der Waals surface area contributed by atoms with Crippen LogP contribution in [0.3, 0.4) is 0 Å². The summed E-state index contributed by atoms with van der Waals surface area (Å²) in [5.41, 5.74) is 2.05. The average Bonchev–Trinajstić information content (AvgIpc) is 3.19. The Hall–Kier alpha value is -3.19. The Morgan fingerprint density at radius 3 is 2.52 bits per heavy atom. The van der Waals surface area contributed by atoms with Gasteiger partial charge in [-0.05, 0) is 43.3 Å². The topological polar surface area (TPSA) is 80.3 Å². The predicted octanol–water partition coefficient (Wildman–Crippen LogP) is 3.82. The van der Waals surface area contributed by atoms with Crippen LogP contribution in [0.15, 0.2) is 53.9 Å². The molecule has 1 heterocycles. The monoisotopic (exact) mass is 381 g/mol. The number of hydrogen-bond donors (Lipinski definition) is 2. The SMILES string of the molecule is CCOc1ccc(-c2nc(C(=O)Nc3ccccc3C(=O)NC)cs2)cc1. The van der Waals surface area contributed by atoms with E-state index in [-0.39, 0.29) is 11.8 Å². The molecule has 6 nitrogen and oxygen atoms in total. The lowest BCUT2D eigenvalue weighted by atomic mass is 10.1. The van der Waals surface area contributed by atoms with Crippen LogP contribution in [-0.4, -0.2) is 30.5 Å². The summed E-state index contributed by atoms with van der Waals surface area (Å²) in [5, 5.41) is 7.75. The van der Waals surface area contributed by atoms with E-state index in [0.29, 0.717) is 23.6 Å². The van der Waals surface area contributed by atoms with Crippen LogP contribution < -0.4 is 15.4 Å². The van der Waals surface area contributed by atoms with Gasteiger partial charge in [0, 0.05) is 18.0 Å². The highest BCUT2D eigenvalue weighted by Crippen LogP contribution is 2.26. The van der Waals surface area contributed by atoms with E-state index >= 15 is 0 Å². The van der Waals surface area contributed by atoms with Crippen molar-refractivity contribution in [2.24, 2.45) is 0 Å². The number of aromatic nitrogens is 1. The molecule has 27 heavy (non-hydrogen) atoms. The van der Waals surface area contributed by atoms with Gasteiger partial charge in [0.05, 0.1) is 17.9 Å². The van der Waals surface area contributed by atoms with Crippen LogP contribution in [0.2, 0.25) is 0 Å². The highest BCUT2D eigenvalue weighted by atomic mass is 32.1. The van der Waals surface area contributed by atoms with Crippen LogP contribution in [0, 0.1) is 0 Å². The van der Waals surface area contributed by atoms with Crippen molar-refractivity contribution in [3.63, 3.8) is 0 Å². The van der Waals surface area contributed by atoms with E-state index < -0.39 is 0 Å². The molecule has 1 aromatic heterocycles. The van der Waals surface area contributed by atoms with Gasteiger partial charge in [-0.2, -0.15) is 0 Å². The molecule has 0 saturated carbocycles. The van der Waals surface area contributed by atoms with Crippen molar-refractivity contribution in [2.45, 2.75) is 6.92 Å². The summed E-state index contributed by atoms with van der Waals surface area (Å²) in [6.45, 7) is 2.54. The molecule has 0 atom stereocenters. The third-order valence-corrected chi connectivity index (χ3v) is 4.69. The van der Waals surface area contributed by atoms with Crippen LogP contribution in [0.25, 0.3) is 10.6 Å². The number of rotatable bonds is 6. The second kappa shape index (κ2) is 8.46. The highest BCUT2D eigenvalue weighted by molar-refractivity contribution is 7.13. The molecular formula is C20H19N3O3S. The summed E-state index contributed by atoms with van der Waals surface area (Å²) in [5.74, 6) is 0.167. The molecule has 0 unspecified atom stereocenters. The normalized spacial score (nSPS) is 10.3. The standard InChI is InChI=1S/C20H19N3O3S/c1-3-26-14-10-8-13(9-11-14)20-23-17(12-27-20)19(25)22-16-7-5-4-6-15(16)18(24)21-2/h4-12H,3H2,1-2H3,(H,21,24)(H,22,25). The van der Waals surface area contributed by atoms with Gasteiger partial charge in [0.25, 0.3) is 11.8 Å². The molecule has 0 fully saturated rings. The largest absolute Gasteiger partial charge is 0.494 e. The number of nitrogens with zero attached hydrogens (tertiary/aromatic N) is 1. The van der Waals surface area contributed by atoms with E-state index in [2.05, 4.69) is 15.6 Å². The Morgan fingerprint density at radius 1 is 1.07 bits per heavy atom. The summed E-state index contributed by atoms with van der Waals surface area (Å²) >= 11 is 1.38. The average molecular weight is 381 g/mol. The Morgan fingerprint density at radius 2 is 1.81 bits per heavy atom. The molecule has 0 radical (unpaired) electrons. The van der Waals surface area contributed by atoms with E-state index in [4.69, 9.17) is 4.74 Å². The molecule has 0 saturated heterocycles. The Bertz CT molecular complexity index is 951. The van der Waals surface area contributed by atoms with E-state index in [9.17, 15) is 9.59 Å². The number of carbonyl (C=O) groups is 2. The molecule has 7 heteroatoms. The van der Waals surface area contributed by atoms with Crippen molar-refractivity contribution in [1.29, 1.82) is 0 Å². The van der Waals surface area contributed by atoms with Gasteiger partial charge in [0.1, 0.15) is 16.5 Å². The van der Waals surface area contributed by atoms with Crippen LogP contribution >= 0.6 is 11.3 Å². The molecule has 3 aromatic rings. The Balaban J connectivity index is 1.77. The maximum atomic E-state index is 12.5. The first-order valence-corrected chi connectivity index (χ1v) is 9.31. The quantitative estimate of drug-likeness (QED) is 0.680. The van der Waals surface area contributed by atoms with Crippen molar-refractivity contribution >= 4 is 28.8 Å². The van der Waals surface area contributed by atoms with Gasteiger partial charge >= 0.3 is 0 Å². The number of carbonyl (C=O) groups excluding carboxylic acids is 2. The molecular weight excluding hydrogens is 362 g/mol. The van der Waals surface area contributed by atoms with Crippen molar-refractivity contribution in [2.75, 3.05) is 19.0 Å². The number of ether oxygens (including phenoxy) is 1. The van der Waals surface area contributed by atoms with Crippen molar-refractivity contribution < 1.29 is 14.3 Å². The number of amides is 2. The Labute approximate surface area is 161 Å². The zero-order valence-corrected chi connectivity index (χ0v) is 15.8. The summed E-state index contributed by atoms with van der Waals surface area (Å²) in [6, 6.07) is 14.4. The molecule has 0 aliphatic heterocycles. The maximum Gasteiger partial charge on any atom is 0.275 e. The number of benzene rings is 2. The van der Waals surface area contributed by atoms with Gasteiger partial charge in [-0.25, -0.2) is 4.98 Å². The van der Waals surface area contributed by atoms with Crippen molar-refractivity contribution in [3.05, 3.63) is 65.2 Å². The van der Waals surface area contributed by atoms with Crippen LogP contribution in [0.4, 0.5) is 5.69 Å². The first kappa shape index (κ1) is 18.6. The van der Waals surface area contributed by atoms with Gasteiger partial charge in [0.2, 0.25) is 0 Å². The molecule has 0 aliphatic rings. The second-order valence-corrected chi connectivity index (χ2v) is 6.43. The number of anilines is 1. The minimum atomic E-state index is -0.361. The first-order valence-electron chi connectivity index (χ1n) is 8.43. The summed E-state index contributed by atoms with van der Waals surface area (Å²) < 4.78 is 5.43. The molecule has 0 spiro atoms. The number of nitrogens with one attached hydrogen (secondary N) is 2. The number of para-hydroxylation sites is 1. The van der Waals surface area contributed by atoms with Gasteiger partial charge < -0.3 is 15.4 Å². The summed E-state index contributed by atoms with van der Waals surface area (Å²) in [7, 11) is 1.55. The minimum Gasteiger partial charge on any atom is -0.494 e. The van der Waals surface area contributed by atoms with E-state index in [1.807, 2.05) is 31.2 Å². The fourth-order valence-corrected chi connectivity index (χ4v) is 3.29. The van der Waals surface area contributed by atoms with Crippen LogP contribution in [0.1, 0.15) is 27.8 Å². The zero-order valence-electron chi connectivity index (χ0n) is 15.0. The molecule has 138 valence electrons. The van der Waals surface area contributed by atoms with Crippen LogP contribution in [0.5, 0.6) is 5.75 Å². The summed E-state index contributed by atoms with van der Waals surface area (Å²) in [4.78, 5) is 28.9. The number of hydrogen-bond acceptors (Lipinski definition) is 5. The van der Waals surface area contributed by atoms with Crippen LogP contribution in [-0.2, 0) is 0 Å². The van der Waals surface area contributed by atoms with E-state index in [1.54, 1.807) is 36.7 Å². The van der Waals surface area contributed by atoms with Crippen molar-refractivity contribution in [1.82, 2.24) is 10.3 Å². The second-order valence-electron chi connectivity index (χ2n) is 5.57. The highest BCUT2D eigenvalue weighted by Gasteiger charge is 2.16. The third-order valence-electron chi connectivity index (χ3n) is 3.80. The lowest BCUT2D eigenvalue weighted by Crippen LogP contribution is -2.21. The van der Waals surface area contributed by atoms with E-state index in [0.717, 1.165) is 16.3 Å². The molecule has 2 amide bonds. The third kappa shape index (κ3) is 4.32. The first-order chi connectivity index (χ1) is 13.1. The lowest BCUT2D eigenvalue weighted by Gasteiger charge is -2.08. The van der Waals surface area contributed by atoms with E-state index in [1.165, 1.54) is 11.3 Å². The van der Waals surface area contributed by atoms with Crippen molar-refractivity contribution in [3.8, 4) is 16.3 Å². The minimum absolute atomic E-state index is 0.265. The molecule has 0 aliphatic carbocycles. The lowest BCUT2D eigenvalue weighted by molar-refractivity contribution is 0.0964. The molecule has 3 rings (SSSR count). The Kier molecular flexibility index (Phi) is 5.83. The fraction of sp³-hybridized carbons (Fsp3) is 0.150. The van der Waals surface area contributed by atoms with Gasteiger partial charge in [0.15, 0.2) is 0 Å². The van der Waals surface area contributed by atoms with Gasteiger partial charge in [-0.15, -0.1) is 11.3 Å². The molecule has 2 aromatic carbocycles. The maximum absolute atomic E-state index is 12.5. The zero-order chi connectivity index (χ0) is 19.2. The van der Waals surface area contributed by atoms with Gasteiger partial charge in [-0.1, -0.05) is 12.1 Å². The predicted molar refractivity (Wildman–Crippen MR) is 107 cm³/mol. The summed E-state index contributed by atoms with van der Waals surface area (Å²) in [6.07, 6.45) is 0. The molecule has 2 N–H and O–H groups in total.